The maximum atomic E-state index is 12.1. The molecule has 0 bridgehead atoms. The van der Waals surface area contributed by atoms with Crippen LogP contribution in [0.2, 0.25) is 5.02 Å². The van der Waals surface area contributed by atoms with Gasteiger partial charge in [0.05, 0.1) is 0 Å². The van der Waals surface area contributed by atoms with Crippen LogP contribution < -0.4 is 15.4 Å². The van der Waals surface area contributed by atoms with E-state index in [1.165, 1.54) is 12.1 Å². The Kier molecular flexibility index (Phi) is 5.56. The molecule has 2 aromatic carbocycles. The summed E-state index contributed by atoms with van der Waals surface area (Å²) in [4.78, 5) is 12.1. The molecular formula is C16H14ClF3N2O2. The quantitative estimate of drug-likeness (QED) is 0.816. The molecule has 0 aromatic heterocycles. The number of nitrogens with one attached hydrogen (secondary N) is 2. The second kappa shape index (κ2) is 7.44. The third-order valence-corrected chi connectivity index (χ3v) is 3.23. The molecule has 2 aromatic rings. The van der Waals surface area contributed by atoms with E-state index >= 15 is 0 Å². The number of amides is 1. The minimum Gasteiger partial charge on any atom is -0.406 e. The molecule has 0 fully saturated rings. The first kappa shape index (κ1) is 17.9. The highest BCUT2D eigenvalue weighted by atomic mass is 35.5. The minimum atomic E-state index is -4.75. The molecule has 1 atom stereocenters. The van der Waals surface area contributed by atoms with Crippen LogP contribution in [0.5, 0.6) is 5.75 Å². The topological polar surface area (TPSA) is 50.4 Å². The molecule has 2 N–H and O–H groups in total. The average molecular weight is 359 g/mol. The van der Waals surface area contributed by atoms with Crippen molar-refractivity contribution in [1.29, 1.82) is 0 Å². The Morgan fingerprint density at radius 1 is 1.04 bits per heavy atom. The second-order valence-electron chi connectivity index (χ2n) is 4.93. The molecule has 24 heavy (non-hydrogen) atoms. The summed E-state index contributed by atoms with van der Waals surface area (Å²) in [6.45, 7) is 1.66. The molecule has 1 unspecified atom stereocenters. The first-order chi connectivity index (χ1) is 11.2. The van der Waals surface area contributed by atoms with E-state index in [9.17, 15) is 18.0 Å². The van der Waals surface area contributed by atoms with Crippen molar-refractivity contribution < 1.29 is 22.7 Å². The monoisotopic (exact) mass is 358 g/mol. The Bertz CT molecular complexity index is 688. The normalized spacial score (nSPS) is 12.4. The molecule has 0 saturated heterocycles. The highest BCUT2D eigenvalue weighted by Gasteiger charge is 2.30. The summed E-state index contributed by atoms with van der Waals surface area (Å²) < 4.78 is 40.0. The lowest BCUT2D eigenvalue weighted by atomic mass is 10.2. The van der Waals surface area contributed by atoms with Crippen LogP contribution in [0.1, 0.15) is 6.92 Å². The summed E-state index contributed by atoms with van der Waals surface area (Å²) in [5, 5.41) is 6.17. The second-order valence-corrected chi connectivity index (χ2v) is 5.37. The molecule has 0 spiro atoms. The number of anilines is 2. The van der Waals surface area contributed by atoms with Crippen LogP contribution in [-0.2, 0) is 4.79 Å². The van der Waals surface area contributed by atoms with E-state index in [0.29, 0.717) is 10.7 Å². The number of benzene rings is 2. The molecule has 1 amide bonds. The van der Waals surface area contributed by atoms with E-state index < -0.39 is 12.4 Å². The van der Waals surface area contributed by atoms with Gasteiger partial charge in [-0.05, 0) is 55.5 Å². The lowest BCUT2D eigenvalue weighted by Gasteiger charge is -2.15. The maximum Gasteiger partial charge on any atom is 0.573 e. The van der Waals surface area contributed by atoms with Crippen LogP contribution in [0.3, 0.4) is 0 Å². The summed E-state index contributed by atoms with van der Waals surface area (Å²) in [7, 11) is 0. The number of carbonyl (C=O) groups excluding carboxylic acids is 1. The summed E-state index contributed by atoms with van der Waals surface area (Å²) in [5.74, 6) is -0.692. The SMILES string of the molecule is CC(Nc1ccc(Cl)cc1)C(=O)Nc1ccc(OC(F)(F)F)cc1. The fourth-order valence-electron chi connectivity index (χ4n) is 1.85. The van der Waals surface area contributed by atoms with Gasteiger partial charge in [0.25, 0.3) is 0 Å². The van der Waals surface area contributed by atoms with Crippen LogP contribution in [0.25, 0.3) is 0 Å². The Hall–Kier alpha value is -2.41. The number of alkyl halides is 3. The highest BCUT2D eigenvalue weighted by molar-refractivity contribution is 6.30. The Morgan fingerprint density at radius 3 is 2.12 bits per heavy atom. The zero-order valence-corrected chi connectivity index (χ0v) is 13.3. The largest absolute Gasteiger partial charge is 0.573 e. The van der Waals surface area contributed by atoms with Crippen molar-refractivity contribution in [3.63, 3.8) is 0 Å². The van der Waals surface area contributed by atoms with E-state index in [1.54, 1.807) is 31.2 Å². The van der Waals surface area contributed by atoms with Gasteiger partial charge in [0.15, 0.2) is 0 Å². The molecule has 128 valence electrons. The number of rotatable bonds is 5. The fourth-order valence-corrected chi connectivity index (χ4v) is 1.98. The molecule has 0 saturated carbocycles. The van der Waals surface area contributed by atoms with E-state index in [2.05, 4.69) is 15.4 Å². The zero-order valence-electron chi connectivity index (χ0n) is 12.5. The van der Waals surface area contributed by atoms with Crippen molar-refractivity contribution >= 4 is 28.9 Å². The standard InChI is InChI=1S/C16H14ClF3N2O2/c1-10(21-12-4-2-11(17)3-5-12)15(23)22-13-6-8-14(9-7-13)24-16(18,19)20/h2-10,21H,1H3,(H,22,23). The first-order valence-corrected chi connectivity index (χ1v) is 7.29. The number of halogens is 4. The van der Waals surface area contributed by atoms with Crippen LogP contribution in [-0.4, -0.2) is 18.3 Å². The van der Waals surface area contributed by atoms with Crippen molar-refractivity contribution in [1.82, 2.24) is 0 Å². The predicted octanol–water partition coefficient (Wildman–Crippen LogP) is 4.68. The lowest BCUT2D eigenvalue weighted by Crippen LogP contribution is -2.31. The van der Waals surface area contributed by atoms with Crippen LogP contribution in [0.15, 0.2) is 48.5 Å². The molecule has 0 aliphatic carbocycles. The molecule has 4 nitrogen and oxygen atoms in total. The molecule has 8 heteroatoms. The van der Waals surface area contributed by atoms with Crippen molar-refractivity contribution in [2.75, 3.05) is 10.6 Å². The third-order valence-electron chi connectivity index (χ3n) is 2.98. The predicted molar refractivity (Wildman–Crippen MR) is 86.3 cm³/mol. The van der Waals surface area contributed by atoms with Gasteiger partial charge < -0.3 is 15.4 Å². The number of hydrogen-bond acceptors (Lipinski definition) is 3. The van der Waals surface area contributed by atoms with Gasteiger partial charge in [-0.15, -0.1) is 13.2 Å². The Balaban J connectivity index is 1.92. The first-order valence-electron chi connectivity index (χ1n) is 6.92. The Labute approximate surface area is 141 Å². The minimum absolute atomic E-state index is 0.338. The molecule has 0 heterocycles. The van der Waals surface area contributed by atoms with Gasteiger partial charge in [-0.1, -0.05) is 11.6 Å². The molecule has 2 rings (SSSR count). The van der Waals surface area contributed by atoms with Gasteiger partial charge in [-0.3, -0.25) is 4.79 Å². The van der Waals surface area contributed by atoms with Gasteiger partial charge in [0.2, 0.25) is 5.91 Å². The zero-order chi connectivity index (χ0) is 17.7. The van der Waals surface area contributed by atoms with Gasteiger partial charge in [0.1, 0.15) is 11.8 Å². The van der Waals surface area contributed by atoms with Gasteiger partial charge in [0, 0.05) is 16.4 Å². The van der Waals surface area contributed by atoms with E-state index in [1.807, 2.05) is 0 Å². The van der Waals surface area contributed by atoms with Crippen LogP contribution >= 0.6 is 11.6 Å². The molecule has 0 aliphatic heterocycles. The van der Waals surface area contributed by atoms with Gasteiger partial charge >= 0.3 is 6.36 Å². The Morgan fingerprint density at radius 2 is 1.58 bits per heavy atom. The van der Waals surface area contributed by atoms with Gasteiger partial charge in [-0.25, -0.2) is 0 Å². The van der Waals surface area contributed by atoms with Gasteiger partial charge in [-0.2, -0.15) is 0 Å². The molecular weight excluding hydrogens is 345 g/mol. The van der Waals surface area contributed by atoms with E-state index in [4.69, 9.17) is 11.6 Å². The number of hydrogen-bond donors (Lipinski definition) is 2. The molecule has 0 aliphatic rings. The number of ether oxygens (including phenoxy) is 1. The average Bonchev–Trinajstić information content (AvgIpc) is 2.50. The van der Waals surface area contributed by atoms with Crippen LogP contribution in [0, 0.1) is 0 Å². The smallest absolute Gasteiger partial charge is 0.406 e. The third kappa shape index (κ3) is 5.66. The summed E-state index contributed by atoms with van der Waals surface area (Å²) in [6, 6.07) is 11.2. The van der Waals surface area contributed by atoms with Crippen molar-refractivity contribution in [2.45, 2.75) is 19.3 Å². The fraction of sp³-hybridized carbons (Fsp3) is 0.188. The summed E-state index contributed by atoms with van der Waals surface area (Å²) in [5.41, 5.74) is 1.08. The van der Waals surface area contributed by atoms with Crippen molar-refractivity contribution in [2.24, 2.45) is 0 Å². The lowest BCUT2D eigenvalue weighted by molar-refractivity contribution is -0.274. The van der Waals surface area contributed by atoms with E-state index in [-0.39, 0.29) is 11.7 Å². The summed E-state index contributed by atoms with van der Waals surface area (Å²) in [6.07, 6.45) is -4.75. The molecule has 0 radical (unpaired) electrons. The number of carbonyl (C=O) groups is 1. The van der Waals surface area contributed by atoms with Crippen molar-refractivity contribution in [3.05, 3.63) is 53.6 Å². The summed E-state index contributed by atoms with van der Waals surface area (Å²) >= 11 is 5.78. The van der Waals surface area contributed by atoms with Crippen molar-refractivity contribution in [3.8, 4) is 5.75 Å². The highest BCUT2D eigenvalue weighted by Crippen LogP contribution is 2.24. The van der Waals surface area contributed by atoms with Crippen LogP contribution in [0.4, 0.5) is 24.5 Å². The van der Waals surface area contributed by atoms with E-state index in [0.717, 1.165) is 17.8 Å². The maximum absolute atomic E-state index is 12.1.